The van der Waals surface area contributed by atoms with Gasteiger partial charge >= 0.3 is 0 Å². The lowest BCUT2D eigenvalue weighted by Gasteiger charge is -2.38. The van der Waals surface area contributed by atoms with Crippen molar-refractivity contribution in [1.29, 1.82) is 0 Å². The third-order valence-electron chi connectivity index (χ3n) is 3.43. The summed E-state index contributed by atoms with van der Waals surface area (Å²) < 4.78 is 0. The maximum absolute atomic E-state index is 5.80. The Labute approximate surface area is 88.8 Å². The SMILES string of the molecule is CCC1CN(CC(C)C)CCC1CN. The topological polar surface area (TPSA) is 29.3 Å². The van der Waals surface area contributed by atoms with E-state index in [0.717, 1.165) is 24.3 Å². The Hall–Kier alpha value is -0.0800. The van der Waals surface area contributed by atoms with E-state index in [0.29, 0.717) is 0 Å². The minimum absolute atomic E-state index is 0.781. The van der Waals surface area contributed by atoms with Gasteiger partial charge in [0.25, 0.3) is 0 Å². The number of rotatable bonds is 4. The molecule has 0 amide bonds. The van der Waals surface area contributed by atoms with Crippen LogP contribution in [-0.2, 0) is 0 Å². The zero-order valence-electron chi connectivity index (χ0n) is 10.00. The number of piperidine rings is 1. The van der Waals surface area contributed by atoms with Crippen LogP contribution in [0.5, 0.6) is 0 Å². The molecule has 0 saturated carbocycles. The number of nitrogens with two attached hydrogens (primary N) is 1. The molecule has 1 aliphatic rings. The van der Waals surface area contributed by atoms with Crippen molar-refractivity contribution in [3.8, 4) is 0 Å². The lowest BCUT2D eigenvalue weighted by Crippen LogP contribution is -2.43. The summed E-state index contributed by atoms with van der Waals surface area (Å²) in [7, 11) is 0. The third kappa shape index (κ3) is 3.25. The minimum Gasteiger partial charge on any atom is -0.330 e. The molecule has 0 bridgehead atoms. The Morgan fingerprint density at radius 3 is 2.57 bits per heavy atom. The monoisotopic (exact) mass is 198 g/mol. The summed E-state index contributed by atoms with van der Waals surface area (Å²) in [6, 6.07) is 0. The number of nitrogens with zero attached hydrogens (tertiary/aromatic N) is 1. The molecule has 14 heavy (non-hydrogen) atoms. The summed E-state index contributed by atoms with van der Waals surface area (Å²) in [6.07, 6.45) is 2.60. The van der Waals surface area contributed by atoms with E-state index in [-0.39, 0.29) is 0 Å². The van der Waals surface area contributed by atoms with E-state index in [1.54, 1.807) is 0 Å². The van der Waals surface area contributed by atoms with Gasteiger partial charge in [-0.1, -0.05) is 27.2 Å². The van der Waals surface area contributed by atoms with Gasteiger partial charge in [-0.3, -0.25) is 0 Å². The molecule has 84 valence electrons. The summed E-state index contributed by atoms with van der Waals surface area (Å²) in [5.41, 5.74) is 5.80. The zero-order chi connectivity index (χ0) is 10.6. The highest BCUT2D eigenvalue weighted by molar-refractivity contribution is 4.80. The van der Waals surface area contributed by atoms with Gasteiger partial charge in [-0.2, -0.15) is 0 Å². The second-order valence-electron chi connectivity index (χ2n) is 5.11. The Bertz CT molecular complexity index is 156. The molecule has 0 aromatic carbocycles. The van der Waals surface area contributed by atoms with Gasteiger partial charge in [0.2, 0.25) is 0 Å². The Morgan fingerprint density at radius 1 is 1.36 bits per heavy atom. The molecule has 0 spiro atoms. The fourth-order valence-corrected chi connectivity index (χ4v) is 2.61. The normalized spacial score (nSPS) is 29.8. The Kier molecular flexibility index (Phi) is 4.90. The van der Waals surface area contributed by atoms with Gasteiger partial charge in [-0.25, -0.2) is 0 Å². The largest absolute Gasteiger partial charge is 0.330 e. The van der Waals surface area contributed by atoms with Gasteiger partial charge in [0, 0.05) is 13.1 Å². The minimum atomic E-state index is 0.781. The van der Waals surface area contributed by atoms with E-state index in [4.69, 9.17) is 5.73 Å². The van der Waals surface area contributed by atoms with Gasteiger partial charge in [-0.15, -0.1) is 0 Å². The third-order valence-corrected chi connectivity index (χ3v) is 3.43. The van der Waals surface area contributed by atoms with Gasteiger partial charge in [0.15, 0.2) is 0 Å². The Balaban J connectivity index is 2.40. The molecule has 0 aromatic heterocycles. The van der Waals surface area contributed by atoms with Crippen molar-refractivity contribution in [2.24, 2.45) is 23.5 Å². The summed E-state index contributed by atoms with van der Waals surface area (Å²) in [5.74, 6) is 2.41. The molecule has 2 N–H and O–H groups in total. The maximum Gasteiger partial charge on any atom is 0.00128 e. The van der Waals surface area contributed by atoms with Gasteiger partial charge in [-0.05, 0) is 37.3 Å². The molecular formula is C12H26N2. The van der Waals surface area contributed by atoms with Crippen molar-refractivity contribution in [3.05, 3.63) is 0 Å². The molecule has 2 unspecified atom stereocenters. The average Bonchev–Trinajstić information content (AvgIpc) is 2.16. The van der Waals surface area contributed by atoms with Crippen molar-refractivity contribution < 1.29 is 0 Å². The quantitative estimate of drug-likeness (QED) is 0.748. The van der Waals surface area contributed by atoms with Crippen LogP contribution in [0, 0.1) is 17.8 Å². The molecule has 1 saturated heterocycles. The number of hydrogen-bond donors (Lipinski definition) is 1. The average molecular weight is 198 g/mol. The molecule has 1 rings (SSSR count). The lowest BCUT2D eigenvalue weighted by molar-refractivity contribution is 0.109. The predicted molar refractivity (Wildman–Crippen MR) is 62.2 cm³/mol. The van der Waals surface area contributed by atoms with Crippen molar-refractivity contribution in [2.45, 2.75) is 33.6 Å². The molecule has 1 heterocycles. The van der Waals surface area contributed by atoms with Crippen molar-refractivity contribution in [3.63, 3.8) is 0 Å². The standard InChI is InChI=1S/C12H26N2/c1-4-11-9-14(8-10(2)3)6-5-12(11)7-13/h10-12H,4-9,13H2,1-3H3. The fraction of sp³-hybridized carbons (Fsp3) is 1.00. The lowest BCUT2D eigenvalue weighted by atomic mass is 9.83. The highest BCUT2D eigenvalue weighted by atomic mass is 15.1. The summed E-state index contributed by atoms with van der Waals surface area (Å²) in [4.78, 5) is 2.62. The molecule has 2 atom stereocenters. The van der Waals surface area contributed by atoms with Crippen LogP contribution >= 0.6 is 0 Å². The fourth-order valence-electron chi connectivity index (χ4n) is 2.61. The first-order valence-corrected chi connectivity index (χ1v) is 6.09. The first kappa shape index (κ1) is 12.0. The van der Waals surface area contributed by atoms with E-state index in [9.17, 15) is 0 Å². The smallest absolute Gasteiger partial charge is 0.00128 e. The zero-order valence-corrected chi connectivity index (χ0v) is 10.00. The van der Waals surface area contributed by atoms with E-state index >= 15 is 0 Å². The molecule has 2 heteroatoms. The number of hydrogen-bond acceptors (Lipinski definition) is 2. The molecular weight excluding hydrogens is 172 g/mol. The van der Waals surface area contributed by atoms with Crippen molar-refractivity contribution >= 4 is 0 Å². The van der Waals surface area contributed by atoms with Crippen LogP contribution in [0.4, 0.5) is 0 Å². The molecule has 0 aromatic rings. The highest BCUT2D eigenvalue weighted by Gasteiger charge is 2.26. The van der Waals surface area contributed by atoms with Gasteiger partial charge in [0.05, 0.1) is 0 Å². The predicted octanol–water partition coefficient (Wildman–Crippen LogP) is 1.95. The maximum atomic E-state index is 5.80. The van der Waals surface area contributed by atoms with Crippen LogP contribution in [0.15, 0.2) is 0 Å². The number of likely N-dealkylation sites (tertiary alicyclic amines) is 1. The second kappa shape index (κ2) is 5.72. The van der Waals surface area contributed by atoms with E-state index in [2.05, 4.69) is 25.7 Å². The van der Waals surface area contributed by atoms with Crippen molar-refractivity contribution in [2.75, 3.05) is 26.2 Å². The summed E-state index contributed by atoms with van der Waals surface area (Å²) in [5, 5.41) is 0. The van der Waals surface area contributed by atoms with Crippen LogP contribution in [-0.4, -0.2) is 31.1 Å². The second-order valence-corrected chi connectivity index (χ2v) is 5.11. The molecule has 1 aliphatic heterocycles. The van der Waals surface area contributed by atoms with Crippen LogP contribution in [0.2, 0.25) is 0 Å². The van der Waals surface area contributed by atoms with E-state index < -0.39 is 0 Å². The van der Waals surface area contributed by atoms with Crippen LogP contribution in [0.25, 0.3) is 0 Å². The molecule has 0 aliphatic carbocycles. The molecule has 0 radical (unpaired) electrons. The summed E-state index contributed by atoms with van der Waals surface area (Å²) in [6.45, 7) is 11.6. The molecule has 2 nitrogen and oxygen atoms in total. The molecule has 1 fully saturated rings. The van der Waals surface area contributed by atoms with E-state index in [1.807, 2.05) is 0 Å². The summed E-state index contributed by atoms with van der Waals surface area (Å²) >= 11 is 0. The van der Waals surface area contributed by atoms with Crippen LogP contribution in [0.3, 0.4) is 0 Å². The first-order chi connectivity index (χ1) is 6.67. The van der Waals surface area contributed by atoms with Gasteiger partial charge in [0.1, 0.15) is 0 Å². The first-order valence-electron chi connectivity index (χ1n) is 6.09. The Morgan fingerprint density at radius 2 is 2.07 bits per heavy atom. The van der Waals surface area contributed by atoms with Crippen LogP contribution in [0.1, 0.15) is 33.6 Å². The van der Waals surface area contributed by atoms with Gasteiger partial charge < -0.3 is 10.6 Å². The van der Waals surface area contributed by atoms with E-state index in [1.165, 1.54) is 32.5 Å². The highest BCUT2D eigenvalue weighted by Crippen LogP contribution is 2.25. The van der Waals surface area contributed by atoms with Crippen molar-refractivity contribution in [1.82, 2.24) is 4.90 Å². The van der Waals surface area contributed by atoms with Crippen LogP contribution < -0.4 is 5.73 Å².